The first kappa shape index (κ1) is 27.0. The smallest absolute Gasteiger partial charge is 0.245 e. The van der Waals surface area contributed by atoms with Gasteiger partial charge < -0.3 is 20.5 Å². The molecule has 1 aromatic rings. The summed E-state index contributed by atoms with van der Waals surface area (Å²) < 4.78 is 11.7. The predicted octanol–water partition coefficient (Wildman–Crippen LogP) is 3.78. The van der Waals surface area contributed by atoms with Crippen molar-refractivity contribution in [3.63, 3.8) is 0 Å². The summed E-state index contributed by atoms with van der Waals surface area (Å²) in [5.74, 6) is 0.704. The lowest BCUT2D eigenvalue weighted by Gasteiger charge is -2.57. The summed E-state index contributed by atoms with van der Waals surface area (Å²) >= 11 is 0. The van der Waals surface area contributed by atoms with E-state index in [1.54, 1.807) is 0 Å². The number of hydrogen-bond donors (Lipinski definition) is 2. The lowest BCUT2D eigenvalue weighted by Crippen LogP contribution is -2.74. The molecule has 1 amide bonds. The zero-order valence-electron chi connectivity index (χ0n) is 18.5. The van der Waals surface area contributed by atoms with E-state index in [2.05, 4.69) is 10.2 Å². The Morgan fingerprint density at radius 1 is 1.27 bits per heavy atom. The van der Waals surface area contributed by atoms with Gasteiger partial charge in [0, 0.05) is 30.7 Å². The van der Waals surface area contributed by atoms with Crippen LogP contribution in [0.3, 0.4) is 0 Å². The van der Waals surface area contributed by atoms with Crippen LogP contribution in [0.5, 0.6) is 5.75 Å². The fourth-order valence-corrected chi connectivity index (χ4v) is 4.24. The minimum atomic E-state index is -0.925. The van der Waals surface area contributed by atoms with E-state index < -0.39 is 11.0 Å². The second kappa shape index (κ2) is 11.0. The molecule has 0 radical (unpaired) electrons. The van der Waals surface area contributed by atoms with Gasteiger partial charge in [-0.05, 0) is 63.5 Å². The highest BCUT2D eigenvalue weighted by atomic mass is 35.5. The molecule has 1 heterocycles. The van der Waals surface area contributed by atoms with E-state index in [1.807, 2.05) is 45.9 Å². The fraction of sp³-hybridized carbons (Fsp3) is 0.682. The largest absolute Gasteiger partial charge is 0.492 e. The van der Waals surface area contributed by atoms with E-state index >= 15 is 0 Å². The van der Waals surface area contributed by atoms with Crippen molar-refractivity contribution < 1.29 is 14.3 Å². The molecule has 1 aliphatic heterocycles. The van der Waals surface area contributed by atoms with Gasteiger partial charge in [0.2, 0.25) is 5.91 Å². The van der Waals surface area contributed by atoms with Gasteiger partial charge in [0.1, 0.15) is 17.9 Å². The summed E-state index contributed by atoms with van der Waals surface area (Å²) in [7, 11) is 0. The van der Waals surface area contributed by atoms with Gasteiger partial charge >= 0.3 is 0 Å². The normalized spacial score (nSPS) is 24.9. The standard InChI is InChI=1S/C22H35N3O3.2ClH/c1-5-27-19-15-22(23,21(19,3)4)20(26)24-17-8-9-18(16(2)14-17)28-13-12-25-10-6-7-11-25;;/h8-9,14,19H,5-7,10-13,15,23H2,1-4H3,(H,24,26);2*1H. The van der Waals surface area contributed by atoms with Crippen LogP contribution in [0.1, 0.15) is 45.6 Å². The summed E-state index contributed by atoms with van der Waals surface area (Å²) in [5, 5.41) is 2.99. The number of carbonyl (C=O) groups is 1. The third kappa shape index (κ3) is 5.40. The highest BCUT2D eigenvalue weighted by molar-refractivity contribution is 5.99. The van der Waals surface area contributed by atoms with Crippen molar-refractivity contribution in [3.05, 3.63) is 23.8 Å². The highest BCUT2D eigenvalue weighted by Gasteiger charge is 2.62. The Hall–Kier alpha value is -1.05. The summed E-state index contributed by atoms with van der Waals surface area (Å²) in [6.07, 6.45) is 3.13. The molecule has 2 unspecified atom stereocenters. The number of nitrogens with zero attached hydrogens (tertiary/aromatic N) is 1. The maximum atomic E-state index is 12.9. The molecule has 30 heavy (non-hydrogen) atoms. The van der Waals surface area contributed by atoms with E-state index in [1.165, 1.54) is 25.9 Å². The van der Waals surface area contributed by atoms with E-state index in [0.717, 1.165) is 23.5 Å². The fourth-order valence-electron chi connectivity index (χ4n) is 4.24. The monoisotopic (exact) mass is 461 g/mol. The molecule has 1 saturated carbocycles. The molecular formula is C22H37Cl2N3O3. The SMILES string of the molecule is CCOC1CC(N)(C(=O)Nc2ccc(OCCN3CCCC3)c(C)c2)C1(C)C.Cl.Cl. The van der Waals surface area contributed by atoms with Crippen molar-refractivity contribution in [3.8, 4) is 5.75 Å². The average molecular weight is 462 g/mol. The number of aryl methyl sites for hydroxylation is 1. The second-order valence-corrected chi connectivity index (χ2v) is 8.67. The van der Waals surface area contributed by atoms with Crippen LogP contribution in [0.25, 0.3) is 0 Å². The number of anilines is 1. The van der Waals surface area contributed by atoms with Gasteiger partial charge in [-0.2, -0.15) is 0 Å². The summed E-state index contributed by atoms with van der Waals surface area (Å²) in [6.45, 7) is 12.6. The third-order valence-corrected chi connectivity index (χ3v) is 6.53. The van der Waals surface area contributed by atoms with Crippen molar-refractivity contribution in [2.24, 2.45) is 11.1 Å². The number of ether oxygens (including phenoxy) is 2. The third-order valence-electron chi connectivity index (χ3n) is 6.53. The van der Waals surface area contributed by atoms with Crippen LogP contribution in [0.2, 0.25) is 0 Å². The van der Waals surface area contributed by atoms with Crippen LogP contribution in [0, 0.1) is 12.3 Å². The first-order valence-corrected chi connectivity index (χ1v) is 10.5. The number of rotatable bonds is 8. The van der Waals surface area contributed by atoms with Crippen LogP contribution in [0.15, 0.2) is 18.2 Å². The predicted molar refractivity (Wildman–Crippen MR) is 126 cm³/mol. The van der Waals surface area contributed by atoms with Crippen molar-refractivity contribution in [2.75, 3.05) is 38.2 Å². The quantitative estimate of drug-likeness (QED) is 0.615. The lowest BCUT2D eigenvalue weighted by atomic mass is 9.54. The van der Waals surface area contributed by atoms with Gasteiger partial charge in [0.05, 0.1) is 6.10 Å². The maximum absolute atomic E-state index is 12.9. The van der Waals surface area contributed by atoms with E-state index in [9.17, 15) is 4.79 Å². The first-order chi connectivity index (χ1) is 13.3. The number of amides is 1. The number of likely N-dealkylation sites (tertiary alicyclic amines) is 1. The zero-order valence-corrected chi connectivity index (χ0v) is 20.2. The van der Waals surface area contributed by atoms with Crippen molar-refractivity contribution in [2.45, 2.75) is 58.6 Å². The second-order valence-electron chi connectivity index (χ2n) is 8.67. The van der Waals surface area contributed by atoms with Crippen LogP contribution >= 0.6 is 24.8 Å². The van der Waals surface area contributed by atoms with Crippen LogP contribution in [0.4, 0.5) is 5.69 Å². The van der Waals surface area contributed by atoms with Crippen molar-refractivity contribution >= 4 is 36.4 Å². The molecule has 1 aliphatic carbocycles. The van der Waals surface area contributed by atoms with Gasteiger partial charge in [-0.1, -0.05) is 13.8 Å². The molecule has 0 bridgehead atoms. The molecular weight excluding hydrogens is 425 g/mol. The molecule has 172 valence electrons. The van der Waals surface area contributed by atoms with Crippen LogP contribution in [-0.4, -0.2) is 55.3 Å². The zero-order chi connectivity index (χ0) is 20.4. The molecule has 8 heteroatoms. The Balaban J connectivity index is 0.00000225. The molecule has 2 atom stereocenters. The molecule has 3 N–H and O–H groups in total. The Morgan fingerprint density at radius 3 is 2.50 bits per heavy atom. The number of carbonyl (C=O) groups excluding carboxylic acids is 1. The minimum absolute atomic E-state index is 0. The Morgan fingerprint density at radius 2 is 1.93 bits per heavy atom. The first-order valence-electron chi connectivity index (χ1n) is 10.5. The number of halogens is 2. The Labute approximate surface area is 193 Å². The van der Waals surface area contributed by atoms with E-state index in [0.29, 0.717) is 19.6 Å². The topological polar surface area (TPSA) is 76.8 Å². The molecule has 2 fully saturated rings. The maximum Gasteiger partial charge on any atom is 0.245 e. The van der Waals surface area contributed by atoms with Gasteiger partial charge in [-0.15, -0.1) is 24.8 Å². The minimum Gasteiger partial charge on any atom is -0.492 e. The van der Waals surface area contributed by atoms with Gasteiger partial charge in [0.15, 0.2) is 0 Å². The molecule has 3 rings (SSSR count). The Bertz CT molecular complexity index is 711. The summed E-state index contributed by atoms with van der Waals surface area (Å²) in [5.41, 5.74) is 6.89. The number of nitrogens with two attached hydrogens (primary N) is 1. The number of hydrogen-bond acceptors (Lipinski definition) is 5. The van der Waals surface area contributed by atoms with Gasteiger partial charge in [-0.3, -0.25) is 9.69 Å². The summed E-state index contributed by atoms with van der Waals surface area (Å²) in [4.78, 5) is 15.3. The number of benzene rings is 1. The van der Waals surface area contributed by atoms with E-state index in [-0.39, 0.29) is 36.8 Å². The van der Waals surface area contributed by atoms with Crippen molar-refractivity contribution in [1.29, 1.82) is 0 Å². The van der Waals surface area contributed by atoms with Crippen LogP contribution in [-0.2, 0) is 9.53 Å². The van der Waals surface area contributed by atoms with Gasteiger partial charge in [0.25, 0.3) is 0 Å². The molecule has 0 aromatic heterocycles. The van der Waals surface area contributed by atoms with Gasteiger partial charge in [-0.25, -0.2) is 0 Å². The van der Waals surface area contributed by atoms with Crippen LogP contribution < -0.4 is 15.8 Å². The van der Waals surface area contributed by atoms with E-state index in [4.69, 9.17) is 15.2 Å². The van der Waals surface area contributed by atoms with Crippen molar-refractivity contribution in [1.82, 2.24) is 4.90 Å². The lowest BCUT2D eigenvalue weighted by molar-refractivity contribution is -0.166. The molecule has 1 saturated heterocycles. The molecule has 6 nitrogen and oxygen atoms in total. The molecule has 2 aliphatic rings. The average Bonchev–Trinajstić information content (AvgIpc) is 3.16. The summed E-state index contributed by atoms with van der Waals surface area (Å²) in [6, 6.07) is 5.75. The molecule has 0 spiro atoms. The Kier molecular flexibility index (Phi) is 9.90. The highest BCUT2D eigenvalue weighted by Crippen LogP contribution is 2.50. The number of nitrogens with one attached hydrogen (secondary N) is 1. The molecule has 1 aromatic carbocycles.